The van der Waals surface area contributed by atoms with E-state index in [4.69, 9.17) is 5.73 Å². The first-order valence-corrected chi connectivity index (χ1v) is 5.51. The van der Waals surface area contributed by atoms with Gasteiger partial charge >= 0.3 is 5.69 Å². The molecule has 9 heteroatoms. The van der Waals surface area contributed by atoms with Crippen molar-refractivity contribution in [1.29, 1.82) is 0 Å². The van der Waals surface area contributed by atoms with Crippen molar-refractivity contribution in [3.05, 3.63) is 22.2 Å². The van der Waals surface area contributed by atoms with Crippen LogP contribution < -0.4 is 11.1 Å². The average molecular weight is 265 g/mol. The molecule has 2 rings (SSSR count). The van der Waals surface area contributed by atoms with E-state index in [1.807, 2.05) is 0 Å². The van der Waals surface area contributed by atoms with Gasteiger partial charge in [-0.25, -0.2) is 4.63 Å². The van der Waals surface area contributed by atoms with Crippen LogP contribution in [0.1, 0.15) is 12.8 Å². The molecule has 19 heavy (non-hydrogen) atoms. The van der Waals surface area contributed by atoms with E-state index < -0.39 is 4.92 Å². The van der Waals surface area contributed by atoms with Crippen LogP contribution in [0.3, 0.4) is 0 Å². The van der Waals surface area contributed by atoms with E-state index >= 15 is 0 Å². The normalized spacial score (nSPS) is 10.5. The monoisotopic (exact) mass is 265 g/mol. The molecule has 0 aliphatic carbocycles. The fourth-order valence-electron chi connectivity index (χ4n) is 1.63. The van der Waals surface area contributed by atoms with Crippen LogP contribution in [0.2, 0.25) is 0 Å². The van der Waals surface area contributed by atoms with Crippen molar-refractivity contribution < 1.29 is 14.3 Å². The van der Waals surface area contributed by atoms with Crippen LogP contribution in [0.15, 0.2) is 16.8 Å². The van der Waals surface area contributed by atoms with E-state index in [9.17, 15) is 14.9 Å². The molecule has 1 amide bonds. The number of nitrogens with one attached hydrogen (secondary N) is 1. The first-order valence-electron chi connectivity index (χ1n) is 5.51. The summed E-state index contributed by atoms with van der Waals surface area (Å²) in [7, 11) is 0. The summed E-state index contributed by atoms with van der Waals surface area (Å²) in [5, 5.41) is 20.9. The number of nitrogens with two attached hydrogens (primary N) is 1. The maximum Gasteiger partial charge on any atom is 0.300 e. The van der Waals surface area contributed by atoms with E-state index in [1.54, 1.807) is 0 Å². The molecule has 9 nitrogen and oxygen atoms in total. The number of hydrogen-bond acceptors (Lipinski definition) is 7. The van der Waals surface area contributed by atoms with Crippen molar-refractivity contribution >= 4 is 28.3 Å². The van der Waals surface area contributed by atoms with E-state index in [0.29, 0.717) is 18.7 Å². The first-order chi connectivity index (χ1) is 9.09. The topological polar surface area (TPSA) is 137 Å². The van der Waals surface area contributed by atoms with Gasteiger partial charge in [0.15, 0.2) is 5.52 Å². The molecule has 2 aromatic rings. The van der Waals surface area contributed by atoms with Gasteiger partial charge in [0.1, 0.15) is 0 Å². The van der Waals surface area contributed by atoms with Crippen LogP contribution in [-0.2, 0) is 4.79 Å². The van der Waals surface area contributed by atoms with Gasteiger partial charge in [0.05, 0.1) is 10.6 Å². The number of aromatic nitrogens is 2. The Labute approximate surface area is 106 Å². The lowest BCUT2D eigenvalue weighted by atomic mass is 10.2. The number of hydrogen-bond donors (Lipinski definition) is 2. The van der Waals surface area contributed by atoms with E-state index in [0.717, 1.165) is 0 Å². The molecule has 0 saturated carbocycles. The highest BCUT2D eigenvalue weighted by atomic mass is 16.6. The maximum atomic E-state index is 10.8. The minimum atomic E-state index is -0.552. The summed E-state index contributed by atoms with van der Waals surface area (Å²) >= 11 is 0. The van der Waals surface area contributed by atoms with Gasteiger partial charge in [0.2, 0.25) is 11.4 Å². The number of nitro benzene ring substituents is 1. The predicted octanol–water partition coefficient (Wildman–Crippen LogP) is 0.808. The Kier molecular flexibility index (Phi) is 3.55. The second-order valence-corrected chi connectivity index (χ2v) is 3.85. The Morgan fingerprint density at radius 1 is 1.42 bits per heavy atom. The zero-order valence-electron chi connectivity index (χ0n) is 9.83. The second-order valence-electron chi connectivity index (χ2n) is 3.85. The third kappa shape index (κ3) is 2.76. The highest BCUT2D eigenvalue weighted by Crippen LogP contribution is 2.28. The summed E-state index contributed by atoms with van der Waals surface area (Å²) in [5.41, 5.74) is 5.79. The smallest absolute Gasteiger partial charge is 0.300 e. The second kappa shape index (κ2) is 5.29. The number of anilines is 1. The van der Waals surface area contributed by atoms with E-state index in [1.165, 1.54) is 12.1 Å². The van der Waals surface area contributed by atoms with Crippen LogP contribution in [0.25, 0.3) is 11.0 Å². The van der Waals surface area contributed by atoms with Crippen LogP contribution in [0.4, 0.5) is 11.4 Å². The lowest BCUT2D eigenvalue weighted by molar-refractivity contribution is -0.383. The summed E-state index contributed by atoms with van der Waals surface area (Å²) in [6.07, 6.45) is 0.819. The van der Waals surface area contributed by atoms with E-state index in [-0.39, 0.29) is 29.0 Å². The van der Waals surface area contributed by atoms with Gasteiger partial charge in [-0.3, -0.25) is 14.9 Å². The zero-order chi connectivity index (χ0) is 13.8. The van der Waals surface area contributed by atoms with Crippen molar-refractivity contribution in [2.75, 3.05) is 11.9 Å². The number of amides is 1. The fourth-order valence-corrected chi connectivity index (χ4v) is 1.63. The summed E-state index contributed by atoms with van der Waals surface area (Å²) in [5.74, 6) is -0.376. The third-order valence-corrected chi connectivity index (χ3v) is 2.51. The molecule has 3 N–H and O–H groups in total. The predicted molar refractivity (Wildman–Crippen MR) is 65.4 cm³/mol. The number of benzene rings is 1. The molecular weight excluding hydrogens is 254 g/mol. The minimum Gasteiger partial charge on any atom is -0.383 e. The number of non-ortho nitro benzene ring substituents is 1. The SMILES string of the molecule is NC(=O)CCCNc1ccc([N+](=O)[O-])c2nonc12. The first kappa shape index (κ1) is 12.7. The number of nitro groups is 1. The van der Waals surface area contributed by atoms with Crippen molar-refractivity contribution in [3.63, 3.8) is 0 Å². The van der Waals surface area contributed by atoms with Gasteiger partial charge in [-0.1, -0.05) is 0 Å². The lowest BCUT2D eigenvalue weighted by Gasteiger charge is -2.05. The Morgan fingerprint density at radius 2 is 2.16 bits per heavy atom. The number of fused-ring (bicyclic) bond motifs is 1. The molecule has 0 radical (unpaired) electrons. The highest BCUT2D eigenvalue weighted by molar-refractivity contribution is 5.93. The zero-order valence-corrected chi connectivity index (χ0v) is 9.83. The number of nitrogens with zero attached hydrogens (tertiary/aromatic N) is 3. The molecule has 0 spiro atoms. The van der Waals surface area contributed by atoms with E-state index in [2.05, 4.69) is 20.3 Å². The Balaban J connectivity index is 2.16. The molecule has 0 saturated heterocycles. The molecule has 0 fully saturated rings. The molecule has 100 valence electrons. The van der Waals surface area contributed by atoms with Gasteiger partial charge in [-0.05, 0) is 22.8 Å². The molecule has 0 unspecified atom stereocenters. The molecule has 0 aliphatic rings. The van der Waals surface area contributed by atoms with Gasteiger partial charge in [-0.15, -0.1) is 0 Å². The van der Waals surface area contributed by atoms with Crippen LogP contribution >= 0.6 is 0 Å². The van der Waals surface area contributed by atoms with Crippen LogP contribution in [-0.4, -0.2) is 27.7 Å². The number of carbonyl (C=O) groups is 1. The summed E-state index contributed by atoms with van der Waals surface area (Å²) < 4.78 is 4.52. The quantitative estimate of drug-likeness (QED) is 0.447. The molecule has 0 bridgehead atoms. The molecule has 1 heterocycles. The Hall–Kier alpha value is -2.71. The van der Waals surface area contributed by atoms with Crippen molar-refractivity contribution in [2.45, 2.75) is 12.8 Å². The molecule has 1 aromatic heterocycles. The summed E-state index contributed by atoms with van der Waals surface area (Å²) in [6.45, 7) is 0.489. The Bertz CT molecular complexity index is 623. The average Bonchev–Trinajstić information content (AvgIpc) is 2.83. The van der Waals surface area contributed by atoms with Crippen LogP contribution in [0.5, 0.6) is 0 Å². The van der Waals surface area contributed by atoms with Gasteiger partial charge in [0, 0.05) is 19.0 Å². The number of carbonyl (C=O) groups excluding carboxylic acids is 1. The standard InChI is InChI=1S/C10H11N5O4/c11-8(16)2-1-5-12-6-3-4-7(15(17)18)10-9(6)13-19-14-10/h3-4,12H,1-2,5H2,(H2,11,16). The largest absolute Gasteiger partial charge is 0.383 e. The van der Waals surface area contributed by atoms with Gasteiger partial charge in [0.25, 0.3) is 0 Å². The summed E-state index contributed by atoms with van der Waals surface area (Å²) in [4.78, 5) is 20.8. The van der Waals surface area contributed by atoms with Gasteiger partial charge in [-0.2, -0.15) is 0 Å². The fraction of sp³-hybridized carbons (Fsp3) is 0.300. The molecule has 0 atom stereocenters. The highest BCUT2D eigenvalue weighted by Gasteiger charge is 2.19. The number of rotatable bonds is 6. The third-order valence-electron chi connectivity index (χ3n) is 2.51. The summed E-state index contributed by atoms with van der Waals surface area (Å²) in [6, 6.07) is 2.85. The van der Waals surface area contributed by atoms with Crippen molar-refractivity contribution in [2.24, 2.45) is 5.73 Å². The van der Waals surface area contributed by atoms with Crippen molar-refractivity contribution in [3.8, 4) is 0 Å². The van der Waals surface area contributed by atoms with Crippen LogP contribution in [0, 0.1) is 10.1 Å². The minimum absolute atomic E-state index is 0.0879. The molecular formula is C10H11N5O4. The number of primary amides is 1. The lowest BCUT2D eigenvalue weighted by Crippen LogP contribution is -2.12. The van der Waals surface area contributed by atoms with Crippen molar-refractivity contribution in [1.82, 2.24) is 10.3 Å². The molecule has 0 aliphatic heterocycles. The molecule has 1 aromatic carbocycles. The van der Waals surface area contributed by atoms with Gasteiger partial charge < -0.3 is 11.1 Å². The Morgan fingerprint density at radius 3 is 2.84 bits per heavy atom. The maximum absolute atomic E-state index is 10.8.